The van der Waals surface area contributed by atoms with Crippen LogP contribution in [-0.4, -0.2) is 52.2 Å². The van der Waals surface area contributed by atoms with Gasteiger partial charge in [-0.2, -0.15) is 10.4 Å². The number of H-pyrrole nitrogens is 1. The number of benzene rings is 2. The van der Waals surface area contributed by atoms with E-state index in [9.17, 15) is 10.1 Å². The van der Waals surface area contributed by atoms with Crippen molar-refractivity contribution < 1.29 is 4.79 Å². The van der Waals surface area contributed by atoms with Crippen LogP contribution < -0.4 is 4.90 Å². The van der Waals surface area contributed by atoms with Gasteiger partial charge in [0, 0.05) is 37.3 Å². The van der Waals surface area contributed by atoms with Crippen LogP contribution in [-0.2, 0) is 0 Å². The van der Waals surface area contributed by atoms with Gasteiger partial charge in [0.15, 0.2) is 5.82 Å². The zero-order valence-corrected chi connectivity index (χ0v) is 14.7. The van der Waals surface area contributed by atoms with Gasteiger partial charge in [-0.15, -0.1) is 0 Å². The van der Waals surface area contributed by atoms with Gasteiger partial charge in [0.1, 0.15) is 12.4 Å². The number of anilines is 1. The highest BCUT2D eigenvalue weighted by Crippen LogP contribution is 2.22. The Morgan fingerprint density at radius 2 is 1.89 bits per heavy atom. The highest BCUT2D eigenvalue weighted by Gasteiger charge is 2.23. The fourth-order valence-corrected chi connectivity index (χ4v) is 3.32. The molecule has 1 fully saturated rings. The number of nitriles is 1. The van der Waals surface area contributed by atoms with Crippen LogP contribution in [0.15, 0.2) is 54.9 Å². The van der Waals surface area contributed by atoms with Crippen molar-refractivity contribution in [3.63, 3.8) is 0 Å². The number of nitrogens with one attached hydrogen (secondary N) is 1. The molecule has 1 aliphatic heterocycles. The lowest BCUT2D eigenvalue weighted by Crippen LogP contribution is -2.49. The molecule has 27 heavy (non-hydrogen) atoms. The Balaban J connectivity index is 1.46. The van der Waals surface area contributed by atoms with E-state index in [1.807, 2.05) is 53.4 Å². The predicted octanol–water partition coefficient (Wildman–Crippen LogP) is 2.31. The largest absolute Gasteiger partial charge is 0.367 e. The van der Waals surface area contributed by atoms with E-state index in [4.69, 9.17) is 0 Å². The first-order valence-electron chi connectivity index (χ1n) is 8.75. The highest BCUT2D eigenvalue weighted by atomic mass is 16.2. The van der Waals surface area contributed by atoms with E-state index < -0.39 is 0 Å². The Morgan fingerprint density at radius 1 is 1.07 bits per heavy atom. The molecule has 0 aliphatic carbocycles. The van der Waals surface area contributed by atoms with Gasteiger partial charge in [-0.25, -0.2) is 4.98 Å². The zero-order chi connectivity index (χ0) is 18.6. The Morgan fingerprint density at radius 3 is 2.63 bits per heavy atom. The summed E-state index contributed by atoms with van der Waals surface area (Å²) in [5.74, 6) is 0.646. The van der Waals surface area contributed by atoms with Crippen molar-refractivity contribution in [2.45, 2.75) is 0 Å². The Hall–Kier alpha value is -3.66. The standard InChI is InChI=1S/C20H18N6O/c21-13-17-4-1-2-7-18(17)25-8-10-26(11-9-25)20(27)16-6-3-5-15(12-16)19-22-14-23-24-19/h1-7,12,14H,8-11H2,(H,22,23,24). The molecule has 1 amide bonds. The molecule has 0 spiro atoms. The van der Waals surface area contributed by atoms with Crippen LogP contribution in [0.5, 0.6) is 0 Å². The number of rotatable bonds is 3. The van der Waals surface area contributed by atoms with Gasteiger partial charge in [0.25, 0.3) is 5.91 Å². The van der Waals surface area contributed by atoms with Crippen LogP contribution in [0.1, 0.15) is 15.9 Å². The minimum Gasteiger partial charge on any atom is -0.367 e. The summed E-state index contributed by atoms with van der Waals surface area (Å²) < 4.78 is 0. The van der Waals surface area contributed by atoms with Crippen molar-refractivity contribution in [1.29, 1.82) is 5.26 Å². The molecule has 2 aromatic carbocycles. The second-order valence-corrected chi connectivity index (χ2v) is 6.32. The third-order valence-corrected chi connectivity index (χ3v) is 4.73. The van der Waals surface area contributed by atoms with Crippen LogP contribution in [0, 0.1) is 11.3 Å². The van der Waals surface area contributed by atoms with Crippen molar-refractivity contribution in [3.05, 3.63) is 66.0 Å². The number of amides is 1. The molecule has 0 radical (unpaired) electrons. The number of para-hydroxylation sites is 1. The third-order valence-electron chi connectivity index (χ3n) is 4.73. The van der Waals surface area contributed by atoms with Gasteiger partial charge in [-0.3, -0.25) is 9.89 Å². The lowest BCUT2D eigenvalue weighted by Gasteiger charge is -2.36. The van der Waals surface area contributed by atoms with Gasteiger partial charge < -0.3 is 9.80 Å². The molecule has 2 heterocycles. The average Bonchev–Trinajstić information content (AvgIpc) is 3.28. The fraction of sp³-hybridized carbons (Fsp3) is 0.200. The molecule has 0 saturated carbocycles. The van der Waals surface area contributed by atoms with Crippen LogP contribution >= 0.6 is 0 Å². The second kappa shape index (κ2) is 7.30. The number of carbonyl (C=O) groups is 1. The summed E-state index contributed by atoms with van der Waals surface area (Å²) in [6.45, 7) is 2.63. The molecular weight excluding hydrogens is 340 g/mol. The summed E-state index contributed by atoms with van der Waals surface area (Å²) in [6.07, 6.45) is 1.45. The topological polar surface area (TPSA) is 88.9 Å². The highest BCUT2D eigenvalue weighted by molar-refractivity contribution is 5.95. The Bertz CT molecular complexity index is 984. The third kappa shape index (κ3) is 3.37. The maximum atomic E-state index is 12.9. The molecule has 0 atom stereocenters. The lowest BCUT2D eigenvalue weighted by atomic mass is 10.1. The number of aromatic amines is 1. The first-order chi connectivity index (χ1) is 13.3. The van der Waals surface area contributed by atoms with E-state index in [0.717, 1.165) is 11.3 Å². The van der Waals surface area contributed by atoms with Crippen molar-refractivity contribution in [3.8, 4) is 17.5 Å². The predicted molar refractivity (Wildman–Crippen MR) is 101 cm³/mol. The molecule has 7 nitrogen and oxygen atoms in total. The summed E-state index contributed by atoms with van der Waals surface area (Å²) in [4.78, 5) is 21.0. The molecule has 134 valence electrons. The Labute approximate surface area is 156 Å². The molecule has 1 aliphatic rings. The van der Waals surface area contributed by atoms with Crippen molar-refractivity contribution in [2.75, 3.05) is 31.1 Å². The smallest absolute Gasteiger partial charge is 0.253 e. The van der Waals surface area contributed by atoms with E-state index >= 15 is 0 Å². The number of aromatic nitrogens is 3. The van der Waals surface area contributed by atoms with E-state index in [0.29, 0.717) is 43.1 Å². The first-order valence-corrected chi connectivity index (χ1v) is 8.75. The Kier molecular flexibility index (Phi) is 4.54. The molecule has 1 N–H and O–H groups in total. The quantitative estimate of drug-likeness (QED) is 0.776. The summed E-state index contributed by atoms with van der Waals surface area (Å²) >= 11 is 0. The maximum absolute atomic E-state index is 12.9. The maximum Gasteiger partial charge on any atom is 0.253 e. The van der Waals surface area contributed by atoms with Crippen LogP contribution in [0.4, 0.5) is 5.69 Å². The molecule has 4 rings (SSSR count). The van der Waals surface area contributed by atoms with Gasteiger partial charge >= 0.3 is 0 Å². The van der Waals surface area contributed by atoms with Gasteiger partial charge in [0.05, 0.1) is 11.3 Å². The minimum atomic E-state index is 0.00424. The number of hydrogen-bond acceptors (Lipinski definition) is 5. The van der Waals surface area contributed by atoms with Crippen molar-refractivity contribution in [1.82, 2.24) is 20.1 Å². The van der Waals surface area contributed by atoms with Gasteiger partial charge in [0.2, 0.25) is 0 Å². The second-order valence-electron chi connectivity index (χ2n) is 6.32. The summed E-state index contributed by atoms with van der Waals surface area (Å²) in [5.41, 5.74) is 3.06. The van der Waals surface area contributed by atoms with Crippen LogP contribution in [0.25, 0.3) is 11.4 Å². The number of carbonyl (C=O) groups excluding carboxylic acids is 1. The molecule has 0 bridgehead atoms. The van der Waals surface area contributed by atoms with Crippen LogP contribution in [0.2, 0.25) is 0 Å². The van der Waals surface area contributed by atoms with Crippen molar-refractivity contribution in [2.24, 2.45) is 0 Å². The van der Waals surface area contributed by atoms with Gasteiger partial charge in [-0.05, 0) is 24.3 Å². The molecule has 1 aromatic heterocycles. The number of hydrogen-bond donors (Lipinski definition) is 1. The van der Waals surface area contributed by atoms with E-state index in [2.05, 4.69) is 26.2 Å². The SMILES string of the molecule is N#Cc1ccccc1N1CCN(C(=O)c2cccc(-c3ncn[nH]3)c2)CC1. The molecule has 3 aromatic rings. The van der Waals surface area contributed by atoms with Gasteiger partial charge in [-0.1, -0.05) is 24.3 Å². The molecule has 1 saturated heterocycles. The molecule has 7 heteroatoms. The molecular formula is C20H18N6O. The normalized spacial score (nSPS) is 14.0. The van der Waals surface area contributed by atoms with Crippen molar-refractivity contribution >= 4 is 11.6 Å². The number of nitrogens with zero attached hydrogens (tertiary/aromatic N) is 5. The summed E-state index contributed by atoms with van der Waals surface area (Å²) in [6, 6.07) is 17.2. The monoisotopic (exact) mass is 358 g/mol. The zero-order valence-electron chi connectivity index (χ0n) is 14.7. The van der Waals surface area contributed by atoms with Crippen LogP contribution in [0.3, 0.4) is 0 Å². The fourth-order valence-electron chi connectivity index (χ4n) is 3.32. The lowest BCUT2D eigenvalue weighted by molar-refractivity contribution is 0.0747. The molecule has 0 unspecified atom stereocenters. The summed E-state index contributed by atoms with van der Waals surface area (Å²) in [7, 11) is 0. The van der Waals surface area contributed by atoms with E-state index in [-0.39, 0.29) is 5.91 Å². The van der Waals surface area contributed by atoms with E-state index in [1.54, 1.807) is 0 Å². The number of piperazine rings is 1. The van der Waals surface area contributed by atoms with E-state index in [1.165, 1.54) is 6.33 Å². The minimum absolute atomic E-state index is 0.00424. The first kappa shape index (κ1) is 16.8. The summed E-state index contributed by atoms with van der Waals surface area (Å²) in [5, 5.41) is 16.0. The average molecular weight is 358 g/mol.